The lowest BCUT2D eigenvalue weighted by Crippen LogP contribution is -2.36. The number of amides is 1. The second-order valence-electron chi connectivity index (χ2n) is 4.89. The zero-order valence-corrected chi connectivity index (χ0v) is 12.2. The molecule has 1 aromatic carbocycles. The van der Waals surface area contributed by atoms with Gasteiger partial charge in [-0.05, 0) is 37.6 Å². The van der Waals surface area contributed by atoms with E-state index in [1.807, 2.05) is 23.1 Å². The average Bonchev–Trinajstić information content (AvgIpc) is 3.07. The monoisotopic (exact) mass is 298 g/mol. The smallest absolute Gasteiger partial charge is 0.237 e. The van der Waals surface area contributed by atoms with Crippen LogP contribution in [0.5, 0.6) is 11.5 Å². The van der Waals surface area contributed by atoms with Crippen molar-refractivity contribution in [2.75, 3.05) is 26.9 Å². The number of likely N-dealkylation sites (tertiary alicyclic amines) is 1. The molecule has 1 amide bonds. The fourth-order valence-corrected chi connectivity index (χ4v) is 2.78. The van der Waals surface area contributed by atoms with E-state index in [2.05, 4.69) is 5.32 Å². The fraction of sp³-hybridized carbons (Fsp3) is 0.500. The van der Waals surface area contributed by atoms with Gasteiger partial charge in [0, 0.05) is 6.54 Å². The summed E-state index contributed by atoms with van der Waals surface area (Å²) in [7, 11) is 1.80. The molecule has 0 spiro atoms. The van der Waals surface area contributed by atoms with Gasteiger partial charge in [0.1, 0.15) is 0 Å². The van der Waals surface area contributed by atoms with Gasteiger partial charge >= 0.3 is 0 Å². The second-order valence-corrected chi connectivity index (χ2v) is 4.89. The first-order valence-electron chi connectivity index (χ1n) is 6.63. The predicted molar refractivity (Wildman–Crippen MR) is 77.4 cm³/mol. The van der Waals surface area contributed by atoms with Crippen molar-refractivity contribution in [3.63, 3.8) is 0 Å². The topological polar surface area (TPSA) is 50.8 Å². The molecule has 6 heteroatoms. The summed E-state index contributed by atoms with van der Waals surface area (Å²) >= 11 is 0. The van der Waals surface area contributed by atoms with E-state index in [-0.39, 0.29) is 31.1 Å². The Kier molecular flexibility index (Phi) is 4.73. The number of fused-ring (bicyclic) bond motifs is 1. The number of hydrogen-bond donors (Lipinski definition) is 1. The van der Waals surface area contributed by atoms with Crippen LogP contribution in [-0.4, -0.2) is 37.7 Å². The number of hydrogen-bond acceptors (Lipinski definition) is 4. The van der Waals surface area contributed by atoms with Crippen LogP contribution in [0.2, 0.25) is 0 Å². The molecule has 0 aliphatic carbocycles. The number of carbonyl (C=O) groups excluding carboxylic acids is 1. The predicted octanol–water partition coefficient (Wildman–Crippen LogP) is 1.72. The number of nitrogens with zero attached hydrogens (tertiary/aromatic N) is 1. The molecule has 1 fully saturated rings. The molecule has 2 aliphatic rings. The van der Waals surface area contributed by atoms with Crippen LogP contribution in [0.3, 0.4) is 0 Å². The van der Waals surface area contributed by atoms with E-state index in [1.54, 1.807) is 7.05 Å². The molecule has 2 aliphatic heterocycles. The Morgan fingerprint density at radius 1 is 1.40 bits per heavy atom. The highest BCUT2D eigenvalue weighted by Crippen LogP contribution is 2.38. The zero-order valence-electron chi connectivity index (χ0n) is 11.4. The molecular weight excluding hydrogens is 280 g/mol. The van der Waals surface area contributed by atoms with Crippen molar-refractivity contribution >= 4 is 18.3 Å². The summed E-state index contributed by atoms with van der Waals surface area (Å²) in [6, 6.07) is 6.12. The second kappa shape index (κ2) is 6.33. The molecule has 0 bridgehead atoms. The molecule has 2 heterocycles. The summed E-state index contributed by atoms with van der Waals surface area (Å²) in [6.45, 7) is 1.51. The van der Waals surface area contributed by atoms with Crippen LogP contribution >= 0.6 is 12.4 Å². The lowest BCUT2D eigenvalue weighted by Gasteiger charge is -2.25. The van der Waals surface area contributed by atoms with Crippen molar-refractivity contribution in [1.82, 2.24) is 10.2 Å². The Labute approximate surface area is 124 Å². The number of ether oxygens (including phenoxy) is 2. The van der Waals surface area contributed by atoms with Gasteiger partial charge in [-0.2, -0.15) is 0 Å². The number of carbonyl (C=O) groups is 1. The molecule has 1 aromatic rings. The molecular formula is C14H19ClN2O3. The van der Waals surface area contributed by atoms with Crippen LogP contribution in [0.4, 0.5) is 0 Å². The molecule has 5 nitrogen and oxygen atoms in total. The lowest BCUT2D eigenvalue weighted by molar-refractivity contribution is -0.131. The molecule has 1 saturated heterocycles. The van der Waals surface area contributed by atoms with Gasteiger partial charge in [-0.3, -0.25) is 4.79 Å². The van der Waals surface area contributed by atoms with Gasteiger partial charge in [-0.1, -0.05) is 6.07 Å². The molecule has 0 saturated carbocycles. The van der Waals surface area contributed by atoms with Gasteiger partial charge < -0.3 is 19.7 Å². The standard InChI is InChI=1S/C14H18N2O3.ClH/c1-15-8-14(17)16-6-2-3-11(16)10-4-5-12-13(7-10)19-9-18-12;/h4-5,7,11,15H,2-3,6,8-9H2,1H3;1H. The van der Waals surface area contributed by atoms with Crippen molar-refractivity contribution in [3.8, 4) is 11.5 Å². The van der Waals surface area contributed by atoms with E-state index in [0.29, 0.717) is 6.54 Å². The molecule has 1 atom stereocenters. The van der Waals surface area contributed by atoms with Gasteiger partial charge in [-0.15, -0.1) is 12.4 Å². The third-order valence-electron chi connectivity index (χ3n) is 3.68. The minimum absolute atomic E-state index is 0. The highest BCUT2D eigenvalue weighted by Gasteiger charge is 2.30. The van der Waals surface area contributed by atoms with E-state index < -0.39 is 0 Å². The van der Waals surface area contributed by atoms with Crippen molar-refractivity contribution in [2.24, 2.45) is 0 Å². The van der Waals surface area contributed by atoms with Crippen LogP contribution in [-0.2, 0) is 4.79 Å². The first-order chi connectivity index (χ1) is 9.29. The van der Waals surface area contributed by atoms with Gasteiger partial charge in [0.25, 0.3) is 0 Å². The van der Waals surface area contributed by atoms with Crippen molar-refractivity contribution in [3.05, 3.63) is 23.8 Å². The summed E-state index contributed by atoms with van der Waals surface area (Å²) in [5.74, 6) is 1.72. The Morgan fingerprint density at radius 3 is 3.00 bits per heavy atom. The molecule has 20 heavy (non-hydrogen) atoms. The van der Waals surface area contributed by atoms with Gasteiger partial charge in [0.2, 0.25) is 12.7 Å². The summed E-state index contributed by atoms with van der Waals surface area (Å²) in [5, 5.41) is 2.92. The minimum Gasteiger partial charge on any atom is -0.454 e. The van der Waals surface area contributed by atoms with Crippen LogP contribution in [0.1, 0.15) is 24.4 Å². The Balaban J connectivity index is 0.00000147. The summed E-state index contributed by atoms with van der Waals surface area (Å²) in [4.78, 5) is 14.0. The summed E-state index contributed by atoms with van der Waals surface area (Å²) in [6.07, 6.45) is 2.06. The zero-order chi connectivity index (χ0) is 13.2. The fourth-order valence-electron chi connectivity index (χ4n) is 2.78. The van der Waals surface area contributed by atoms with Crippen molar-refractivity contribution in [1.29, 1.82) is 0 Å². The minimum atomic E-state index is 0. The van der Waals surface area contributed by atoms with Crippen LogP contribution in [0, 0.1) is 0 Å². The van der Waals surface area contributed by atoms with Crippen LogP contribution in [0.15, 0.2) is 18.2 Å². The highest BCUT2D eigenvalue weighted by atomic mass is 35.5. The van der Waals surface area contributed by atoms with Crippen LogP contribution in [0.25, 0.3) is 0 Å². The molecule has 3 rings (SSSR count). The Morgan fingerprint density at radius 2 is 2.20 bits per heavy atom. The maximum Gasteiger partial charge on any atom is 0.237 e. The number of rotatable bonds is 3. The molecule has 0 aromatic heterocycles. The molecule has 110 valence electrons. The average molecular weight is 299 g/mol. The maximum atomic E-state index is 12.1. The molecule has 0 radical (unpaired) electrons. The maximum absolute atomic E-state index is 12.1. The van der Waals surface area contributed by atoms with E-state index in [0.717, 1.165) is 36.4 Å². The third kappa shape index (κ3) is 2.69. The molecule has 1 N–H and O–H groups in total. The van der Waals surface area contributed by atoms with E-state index in [4.69, 9.17) is 9.47 Å². The quantitative estimate of drug-likeness (QED) is 0.923. The molecule has 1 unspecified atom stereocenters. The summed E-state index contributed by atoms with van der Waals surface area (Å²) in [5.41, 5.74) is 1.13. The van der Waals surface area contributed by atoms with E-state index >= 15 is 0 Å². The Bertz CT molecular complexity index is 495. The Hall–Kier alpha value is -1.46. The number of halogens is 1. The third-order valence-corrected chi connectivity index (χ3v) is 3.68. The first-order valence-corrected chi connectivity index (χ1v) is 6.63. The SMILES string of the molecule is CNCC(=O)N1CCCC1c1ccc2c(c1)OCO2.Cl. The normalized spacial score (nSPS) is 19.9. The van der Waals surface area contributed by atoms with Crippen molar-refractivity contribution in [2.45, 2.75) is 18.9 Å². The van der Waals surface area contributed by atoms with E-state index in [9.17, 15) is 4.79 Å². The highest BCUT2D eigenvalue weighted by molar-refractivity contribution is 5.85. The number of benzene rings is 1. The lowest BCUT2D eigenvalue weighted by atomic mass is 10.0. The summed E-state index contributed by atoms with van der Waals surface area (Å²) < 4.78 is 10.7. The van der Waals surface area contributed by atoms with E-state index in [1.165, 1.54) is 0 Å². The number of nitrogens with one attached hydrogen (secondary N) is 1. The van der Waals surface area contributed by atoms with Crippen LogP contribution < -0.4 is 14.8 Å². The van der Waals surface area contributed by atoms with Gasteiger partial charge in [0.05, 0.1) is 12.6 Å². The largest absolute Gasteiger partial charge is 0.454 e. The first kappa shape index (κ1) is 14.9. The number of likely N-dealkylation sites (N-methyl/N-ethyl adjacent to an activating group) is 1. The van der Waals surface area contributed by atoms with Gasteiger partial charge in [-0.25, -0.2) is 0 Å². The van der Waals surface area contributed by atoms with Crippen molar-refractivity contribution < 1.29 is 14.3 Å². The van der Waals surface area contributed by atoms with Gasteiger partial charge in [0.15, 0.2) is 11.5 Å².